The van der Waals surface area contributed by atoms with Gasteiger partial charge in [0.25, 0.3) is 5.91 Å². The lowest BCUT2D eigenvalue weighted by atomic mass is 9.93. The van der Waals surface area contributed by atoms with Crippen LogP contribution in [0.2, 0.25) is 0 Å². The quantitative estimate of drug-likeness (QED) is 0.921. The average molecular weight is 278 g/mol. The zero-order valence-corrected chi connectivity index (χ0v) is 13.1. The predicted octanol–water partition coefficient (Wildman–Crippen LogP) is 2.67. The molecular weight excluding hydrogens is 252 g/mol. The summed E-state index contributed by atoms with van der Waals surface area (Å²) in [5.41, 5.74) is 1.76. The van der Waals surface area contributed by atoms with Gasteiger partial charge in [0.2, 0.25) is 0 Å². The molecule has 0 atom stereocenters. The number of carbonyl (C=O) groups is 1. The highest BCUT2D eigenvalue weighted by Gasteiger charge is 2.27. The summed E-state index contributed by atoms with van der Waals surface area (Å²) in [4.78, 5) is 14.6. The van der Waals surface area contributed by atoms with Gasteiger partial charge in [-0.3, -0.25) is 4.79 Å². The number of piperidine rings is 1. The van der Waals surface area contributed by atoms with Crippen LogP contribution in [0.4, 0.5) is 0 Å². The van der Waals surface area contributed by atoms with Crippen LogP contribution >= 0.6 is 0 Å². The minimum atomic E-state index is 0.143. The van der Waals surface area contributed by atoms with Crippen LogP contribution in [0.1, 0.15) is 46.7 Å². The largest absolute Gasteiger partial charge is 0.466 e. The number of amides is 1. The van der Waals surface area contributed by atoms with Crippen molar-refractivity contribution in [3.63, 3.8) is 0 Å². The van der Waals surface area contributed by atoms with Crippen molar-refractivity contribution in [3.8, 4) is 0 Å². The highest BCUT2D eigenvalue weighted by atomic mass is 16.3. The third-order valence-electron chi connectivity index (χ3n) is 4.48. The van der Waals surface area contributed by atoms with E-state index in [9.17, 15) is 4.79 Å². The van der Waals surface area contributed by atoms with Crippen molar-refractivity contribution in [3.05, 3.63) is 22.6 Å². The van der Waals surface area contributed by atoms with E-state index in [1.807, 2.05) is 32.7 Å². The van der Waals surface area contributed by atoms with Gasteiger partial charge in [-0.05, 0) is 59.5 Å². The highest BCUT2D eigenvalue weighted by molar-refractivity contribution is 5.96. The normalized spacial score (nSPS) is 16.7. The fourth-order valence-corrected chi connectivity index (χ4v) is 3.04. The summed E-state index contributed by atoms with van der Waals surface area (Å²) in [6.45, 7) is 8.58. The molecule has 1 aliphatic heterocycles. The second-order valence-corrected chi connectivity index (χ2v) is 5.84. The summed E-state index contributed by atoms with van der Waals surface area (Å²) in [6, 6.07) is 0. The molecule has 0 bridgehead atoms. The Labute approximate surface area is 121 Å². The maximum absolute atomic E-state index is 12.6. The van der Waals surface area contributed by atoms with Crippen molar-refractivity contribution in [1.82, 2.24) is 10.2 Å². The van der Waals surface area contributed by atoms with Gasteiger partial charge >= 0.3 is 0 Å². The van der Waals surface area contributed by atoms with Gasteiger partial charge in [0.15, 0.2) is 0 Å². The minimum absolute atomic E-state index is 0.143. The molecule has 1 aromatic rings. The first-order valence-corrected chi connectivity index (χ1v) is 7.55. The standard InChI is InChI=1S/C16H26N2O2/c1-11-12(2)20-13(3)15(11)16(19)18-9-6-14(7-10-18)5-8-17-4/h14,17H,5-10H2,1-4H3. The second-order valence-electron chi connectivity index (χ2n) is 5.84. The summed E-state index contributed by atoms with van der Waals surface area (Å²) in [5.74, 6) is 2.50. The van der Waals surface area contributed by atoms with Crippen LogP contribution in [0.25, 0.3) is 0 Å². The van der Waals surface area contributed by atoms with E-state index >= 15 is 0 Å². The van der Waals surface area contributed by atoms with Gasteiger partial charge < -0.3 is 14.6 Å². The van der Waals surface area contributed by atoms with Gasteiger partial charge in [-0.25, -0.2) is 0 Å². The summed E-state index contributed by atoms with van der Waals surface area (Å²) in [6.07, 6.45) is 3.44. The first-order chi connectivity index (χ1) is 9.54. The molecule has 1 saturated heterocycles. The fourth-order valence-electron chi connectivity index (χ4n) is 3.04. The Bertz CT molecular complexity index is 471. The lowest BCUT2D eigenvalue weighted by Gasteiger charge is -2.32. The number of hydrogen-bond donors (Lipinski definition) is 1. The first kappa shape index (κ1) is 15.1. The molecule has 0 saturated carbocycles. The molecule has 4 heteroatoms. The van der Waals surface area contributed by atoms with Gasteiger partial charge in [-0.15, -0.1) is 0 Å². The molecule has 0 unspecified atom stereocenters. The fraction of sp³-hybridized carbons (Fsp3) is 0.688. The summed E-state index contributed by atoms with van der Waals surface area (Å²) in [7, 11) is 1.99. The number of aryl methyl sites for hydroxylation is 2. The number of hydrogen-bond acceptors (Lipinski definition) is 3. The van der Waals surface area contributed by atoms with Crippen LogP contribution in [0.15, 0.2) is 4.42 Å². The van der Waals surface area contributed by atoms with Gasteiger partial charge in [0, 0.05) is 18.7 Å². The monoisotopic (exact) mass is 278 g/mol. The highest BCUT2D eigenvalue weighted by Crippen LogP contribution is 2.26. The molecular formula is C16H26N2O2. The number of furan rings is 1. The summed E-state index contributed by atoms with van der Waals surface area (Å²) < 4.78 is 5.58. The molecule has 0 aliphatic carbocycles. The molecule has 0 radical (unpaired) electrons. The maximum atomic E-state index is 12.6. The summed E-state index contributed by atoms with van der Waals surface area (Å²) in [5, 5.41) is 3.20. The lowest BCUT2D eigenvalue weighted by Crippen LogP contribution is -2.39. The second kappa shape index (κ2) is 6.44. The third kappa shape index (κ3) is 3.06. The van der Waals surface area contributed by atoms with Crippen LogP contribution in [-0.2, 0) is 0 Å². The number of likely N-dealkylation sites (tertiary alicyclic amines) is 1. The number of rotatable bonds is 4. The van der Waals surface area contributed by atoms with E-state index in [1.54, 1.807) is 0 Å². The molecule has 1 amide bonds. The van der Waals surface area contributed by atoms with Crippen LogP contribution in [-0.4, -0.2) is 37.5 Å². The van der Waals surface area contributed by atoms with Crippen molar-refractivity contribution in [1.29, 1.82) is 0 Å². The first-order valence-electron chi connectivity index (χ1n) is 7.55. The minimum Gasteiger partial charge on any atom is -0.466 e. The van der Waals surface area contributed by atoms with E-state index in [0.717, 1.165) is 61.0 Å². The van der Waals surface area contributed by atoms with E-state index in [2.05, 4.69) is 5.32 Å². The van der Waals surface area contributed by atoms with Crippen molar-refractivity contribution in [2.24, 2.45) is 5.92 Å². The van der Waals surface area contributed by atoms with Gasteiger partial charge in [0.05, 0.1) is 5.56 Å². The third-order valence-corrected chi connectivity index (χ3v) is 4.48. The molecule has 112 valence electrons. The zero-order chi connectivity index (χ0) is 14.7. The SMILES string of the molecule is CNCCC1CCN(C(=O)c2c(C)oc(C)c2C)CC1. The van der Waals surface area contributed by atoms with Crippen LogP contribution in [0.3, 0.4) is 0 Å². The lowest BCUT2D eigenvalue weighted by molar-refractivity contribution is 0.0684. The topological polar surface area (TPSA) is 45.5 Å². The Kier molecular flexibility index (Phi) is 4.86. The Morgan fingerprint density at radius 3 is 2.40 bits per heavy atom. The number of nitrogens with one attached hydrogen (secondary N) is 1. The van der Waals surface area contributed by atoms with Gasteiger partial charge in [0.1, 0.15) is 11.5 Å². The molecule has 1 aliphatic rings. The number of nitrogens with zero attached hydrogens (tertiary/aromatic N) is 1. The van der Waals surface area contributed by atoms with Crippen molar-refractivity contribution >= 4 is 5.91 Å². The maximum Gasteiger partial charge on any atom is 0.257 e. The number of carbonyl (C=O) groups excluding carboxylic acids is 1. The molecule has 0 spiro atoms. The molecule has 4 nitrogen and oxygen atoms in total. The Morgan fingerprint density at radius 1 is 1.25 bits per heavy atom. The van der Waals surface area contributed by atoms with Crippen LogP contribution in [0, 0.1) is 26.7 Å². The van der Waals surface area contributed by atoms with Crippen LogP contribution < -0.4 is 5.32 Å². The molecule has 2 heterocycles. The van der Waals surface area contributed by atoms with E-state index in [1.165, 1.54) is 6.42 Å². The van der Waals surface area contributed by atoms with Crippen molar-refractivity contribution in [2.45, 2.75) is 40.0 Å². The Hall–Kier alpha value is -1.29. The molecule has 0 aromatic carbocycles. The van der Waals surface area contributed by atoms with Gasteiger partial charge in [-0.2, -0.15) is 0 Å². The zero-order valence-electron chi connectivity index (χ0n) is 13.1. The van der Waals surface area contributed by atoms with E-state index in [-0.39, 0.29) is 5.91 Å². The van der Waals surface area contributed by atoms with Crippen molar-refractivity contribution < 1.29 is 9.21 Å². The molecule has 20 heavy (non-hydrogen) atoms. The van der Waals surface area contributed by atoms with Gasteiger partial charge in [-0.1, -0.05) is 0 Å². The van der Waals surface area contributed by atoms with Crippen molar-refractivity contribution in [2.75, 3.05) is 26.7 Å². The molecule has 1 aromatic heterocycles. The Morgan fingerprint density at radius 2 is 1.90 bits per heavy atom. The molecule has 1 N–H and O–H groups in total. The molecule has 1 fully saturated rings. The van der Waals surface area contributed by atoms with E-state index in [4.69, 9.17) is 4.42 Å². The van der Waals surface area contributed by atoms with E-state index < -0.39 is 0 Å². The predicted molar refractivity (Wildman–Crippen MR) is 80.1 cm³/mol. The average Bonchev–Trinajstić information content (AvgIpc) is 2.70. The summed E-state index contributed by atoms with van der Waals surface area (Å²) >= 11 is 0. The van der Waals surface area contributed by atoms with Crippen LogP contribution in [0.5, 0.6) is 0 Å². The Balaban J connectivity index is 1.98. The smallest absolute Gasteiger partial charge is 0.257 e. The van der Waals surface area contributed by atoms with E-state index in [0.29, 0.717) is 0 Å². The molecule has 2 rings (SSSR count).